The fraction of sp³-hybridized carbons (Fsp3) is 0.435. The van der Waals surface area contributed by atoms with Gasteiger partial charge in [0.25, 0.3) is 0 Å². The largest absolute Gasteiger partial charge is 0.497 e. The van der Waals surface area contributed by atoms with Crippen molar-refractivity contribution in [2.24, 2.45) is 0 Å². The van der Waals surface area contributed by atoms with Crippen LogP contribution in [0.4, 0.5) is 0 Å². The van der Waals surface area contributed by atoms with Gasteiger partial charge in [-0.15, -0.1) is 0 Å². The molecular weight excluding hydrogens is 400 g/mol. The SMILES string of the molecule is COc1ccc2c(c1)CCN1C(=O)C3CCCC(C21)N3S(=O)(=O)c1ccc(C)cc1. The normalized spacial score (nSPS) is 26.1. The highest BCUT2D eigenvalue weighted by Crippen LogP contribution is 2.46. The number of rotatable bonds is 3. The quantitative estimate of drug-likeness (QED) is 0.757. The lowest BCUT2D eigenvalue weighted by molar-refractivity contribution is -0.150. The molecule has 0 aliphatic carbocycles. The summed E-state index contributed by atoms with van der Waals surface area (Å²) in [5.41, 5.74) is 3.19. The van der Waals surface area contributed by atoms with Crippen molar-refractivity contribution in [2.45, 2.75) is 55.6 Å². The first-order valence-electron chi connectivity index (χ1n) is 10.5. The summed E-state index contributed by atoms with van der Waals surface area (Å²) in [6, 6.07) is 11.7. The third kappa shape index (κ3) is 2.87. The Morgan fingerprint density at radius 2 is 1.83 bits per heavy atom. The maximum absolute atomic E-state index is 13.7. The van der Waals surface area contributed by atoms with Crippen LogP contribution in [0.25, 0.3) is 0 Å². The molecule has 6 nitrogen and oxygen atoms in total. The standard InChI is InChI=1S/C23H26N2O4S/c1-15-6-9-18(10-7-15)30(27,28)25-20-4-3-5-21(25)23(26)24-13-12-16-14-17(29-2)8-11-19(16)22(20)24/h6-11,14,20-22H,3-5,12-13H2,1-2H3. The summed E-state index contributed by atoms with van der Waals surface area (Å²) in [7, 11) is -2.13. The van der Waals surface area contributed by atoms with Crippen LogP contribution in [0.15, 0.2) is 47.4 Å². The second-order valence-electron chi connectivity index (χ2n) is 8.45. The number of hydrogen-bond donors (Lipinski definition) is 0. The maximum Gasteiger partial charge on any atom is 0.244 e. The molecule has 0 radical (unpaired) electrons. The number of carbonyl (C=O) groups excluding carboxylic acids is 1. The molecule has 1 amide bonds. The smallest absolute Gasteiger partial charge is 0.244 e. The second kappa shape index (κ2) is 7.10. The molecule has 158 valence electrons. The summed E-state index contributed by atoms with van der Waals surface area (Å²) in [5, 5.41) is 0. The van der Waals surface area contributed by atoms with Crippen molar-refractivity contribution in [3.05, 3.63) is 59.2 Å². The number of ether oxygens (including phenoxy) is 1. The number of benzene rings is 2. The van der Waals surface area contributed by atoms with Crippen LogP contribution >= 0.6 is 0 Å². The zero-order chi connectivity index (χ0) is 21.0. The van der Waals surface area contributed by atoms with E-state index < -0.39 is 16.1 Å². The lowest BCUT2D eigenvalue weighted by Crippen LogP contribution is -2.67. The van der Waals surface area contributed by atoms with Gasteiger partial charge in [-0.3, -0.25) is 4.79 Å². The number of sulfonamides is 1. The number of amides is 1. The average molecular weight is 427 g/mol. The summed E-state index contributed by atoms with van der Waals surface area (Å²) in [6.45, 7) is 2.55. The van der Waals surface area contributed by atoms with E-state index in [-0.39, 0.29) is 22.9 Å². The van der Waals surface area contributed by atoms with E-state index in [0.717, 1.165) is 41.7 Å². The molecule has 3 heterocycles. The Bertz CT molecular complexity index is 1100. The number of methoxy groups -OCH3 is 1. The molecule has 2 fully saturated rings. The number of piperazine rings is 1. The van der Waals surface area contributed by atoms with Crippen LogP contribution in [0.1, 0.15) is 42.0 Å². The molecule has 0 saturated carbocycles. The molecule has 0 aromatic heterocycles. The minimum atomic E-state index is -3.78. The first-order chi connectivity index (χ1) is 14.4. The third-order valence-corrected chi connectivity index (χ3v) is 8.72. The van der Waals surface area contributed by atoms with Gasteiger partial charge in [0.2, 0.25) is 15.9 Å². The van der Waals surface area contributed by atoms with Gasteiger partial charge in [-0.05, 0) is 68.0 Å². The minimum absolute atomic E-state index is 0.0619. The van der Waals surface area contributed by atoms with E-state index in [1.807, 2.05) is 42.2 Å². The Morgan fingerprint density at radius 1 is 1.07 bits per heavy atom. The molecule has 3 unspecified atom stereocenters. The topological polar surface area (TPSA) is 66.9 Å². The van der Waals surface area contributed by atoms with Gasteiger partial charge < -0.3 is 9.64 Å². The highest BCUT2D eigenvalue weighted by atomic mass is 32.2. The van der Waals surface area contributed by atoms with Crippen LogP contribution in [-0.2, 0) is 21.2 Å². The van der Waals surface area contributed by atoms with Crippen molar-refractivity contribution in [1.29, 1.82) is 0 Å². The molecule has 2 aromatic rings. The number of fused-ring (bicyclic) bond motifs is 6. The predicted molar refractivity (Wildman–Crippen MR) is 113 cm³/mol. The lowest BCUT2D eigenvalue weighted by atomic mass is 9.80. The maximum atomic E-state index is 13.7. The Kier molecular flexibility index (Phi) is 4.63. The summed E-state index contributed by atoms with van der Waals surface area (Å²) < 4.78 is 34.3. The van der Waals surface area contributed by atoms with Crippen LogP contribution in [0.2, 0.25) is 0 Å². The molecule has 3 aliphatic rings. The molecule has 3 atom stereocenters. The molecule has 0 spiro atoms. The van der Waals surface area contributed by atoms with Crippen LogP contribution in [0.3, 0.4) is 0 Å². The van der Waals surface area contributed by atoms with Crippen LogP contribution in [-0.4, -0.2) is 49.3 Å². The van der Waals surface area contributed by atoms with E-state index in [4.69, 9.17) is 4.74 Å². The Labute approximate surface area is 177 Å². The summed E-state index contributed by atoms with van der Waals surface area (Å²) in [6.07, 6.45) is 2.95. The van der Waals surface area contributed by atoms with Gasteiger partial charge in [0.1, 0.15) is 11.8 Å². The molecular formula is C23H26N2O4S. The molecule has 2 saturated heterocycles. The van der Waals surface area contributed by atoms with Gasteiger partial charge in [0.15, 0.2) is 0 Å². The number of aryl methyl sites for hydroxylation is 1. The number of piperidine rings is 1. The summed E-state index contributed by atoms with van der Waals surface area (Å²) in [4.78, 5) is 15.6. The van der Waals surface area contributed by atoms with Gasteiger partial charge in [0.05, 0.1) is 24.1 Å². The first kappa shape index (κ1) is 19.6. The van der Waals surface area contributed by atoms with Crippen molar-refractivity contribution in [1.82, 2.24) is 9.21 Å². The van der Waals surface area contributed by atoms with E-state index >= 15 is 0 Å². The van der Waals surface area contributed by atoms with Crippen molar-refractivity contribution in [3.8, 4) is 5.75 Å². The Morgan fingerprint density at radius 3 is 2.57 bits per heavy atom. The van der Waals surface area contributed by atoms with Gasteiger partial charge >= 0.3 is 0 Å². The van der Waals surface area contributed by atoms with Gasteiger partial charge in [-0.2, -0.15) is 4.31 Å². The highest BCUT2D eigenvalue weighted by molar-refractivity contribution is 7.89. The van der Waals surface area contributed by atoms with Crippen molar-refractivity contribution < 1.29 is 17.9 Å². The number of nitrogens with zero attached hydrogens (tertiary/aromatic N) is 2. The fourth-order valence-corrected chi connectivity index (χ4v) is 7.16. The van der Waals surface area contributed by atoms with Crippen LogP contribution < -0.4 is 4.74 Å². The summed E-state index contributed by atoms with van der Waals surface area (Å²) in [5.74, 6) is 0.725. The number of carbonyl (C=O) groups is 1. The Balaban J connectivity index is 1.62. The molecule has 3 aliphatic heterocycles. The molecule has 5 rings (SSSR count). The predicted octanol–water partition coefficient (Wildman–Crippen LogP) is 3.06. The van der Waals surface area contributed by atoms with E-state index in [0.29, 0.717) is 13.0 Å². The van der Waals surface area contributed by atoms with Gasteiger partial charge in [0, 0.05) is 6.54 Å². The monoisotopic (exact) mass is 426 g/mol. The van der Waals surface area contributed by atoms with Crippen molar-refractivity contribution in [2.75, 3.05) is 13.7 Å². The van der Waals surface area contributed by atoms with E-state index in [9.17, 15) is 13.2 Å². The lowest BCUT2D eigenvalue weighted by Gasteiger charge is -2.54. The van der Waals surface area contributed by atoms with Gasteiger partial charge in [-0.1, -0.05) is 23.8 Å². The molecule has 0 N–H and O–H groups in total. The minimum Gasteiger partial charge on any atom is -0.497 e. The van der Waals surface area contributed by atoms with Crippen molar-refractivity contribution >= 4 is 15.9 Å². The van der Waals surface area contributed by atoms with E-state index in [1.165, 1.54) is 4.31 Å². The highest BCUT2D eigenvalue weighted by Gasteiger charge is 2.55. The average Bonchev–Trinajstić information content (AvgIpc) is 2.76. The molecule has 7 heteroatoms. The number of hydrogen-bond acceptors (Lipinski definition) is 4. The first-order valence-corrected chi connectivity index (χ1v) is 11.9. The second-order valence-corrected chi connectivity index (χ2v) is 10.3. The van der Waals surface area contributed by atoms with Crippen LogP contribution in [0, 0.1) is 6.92 Å². The molecule has 2 bridgehead atoms. The van der Waals surface area contributed by atoms with Crippen LogP contribution in [0.5, 0.6) is 5.75 Å². The van der Waals surface area contributed by atoms with Gasteiger partial charge in [-0.25, -0.2) is 8.42 Å². The van der Waals surface area contributed by atoms with E-state index in [1.54, 1.807) is 19.2 Å². The zero-order valence-corrected chi connectivity index (χ0v) is 18.1. The fourth-order valence-electron chi connectivity index (χ4n) is 5.33. The molecule has 30 heavy (non-hydrogen) atoms. The third-order valence-electron chi connectivity index (χ3n) is 6.77. The van der Waals surface area contributed by atoms with E-state index in [2.05, 4.69) is 0 Å². The zero-order valence-electron chi connectivity index (χ0n) is 17.2. The van der Waals surface area contributed by atoms with Crippen molar-refractivity contribution in [3.63, 3.8) is 0 Å². The summed E-state index contributed by atoms with van der Waals surface area (Å²) >= 11 is 0. The Hall–Kier alpha value is -2.38. The molecule has 2 aromatic carbocycles.